The molecule has 0 bridgehead atoms. The first-order chi connectivity index (χ1) is 17.0. The van der Waals surface area contributed by atoms with Gasteiger partial charge in [-0.25, -0.2) is 9.37 Å². The number of nitrogens with one attached hydrogen (secondary N) is 2. The number of fused-ring (bicyclic) bond motifs is 1. The van der Waals surface area contributed by atoms with Crippen molar-refractivity contribution < 1.29 is 9.18 Å². The van der Waals surface area contributed by atoms with E-state index in [4.69, 9.17) is 0 Å². The fraction of sp³-hybridized carbons (Fsp3) is 0.192. The van der Waals surface area contributed by atoms with Crippen molar-refractivity contribution in [1.82, 2.24) is 19.4 Å². The third-order valence-electron chi connectivity index (χ3n) is 6.07. The van der Waals surface area contributed by atoms with E-state index in [1.54, 1.807) is 24.4 Å². The van der Waals surface area contributed by atoms with Gasteiger partial charge < -0.3 is 25.0 Å². The molecule has 1 amide bonds. The number of benzene rings is 2. The summed E-state index contributed by atoms with van der Waals surface area (Å²) in [5.41, 5.74) is 3.30. The Morgan fingerprint density at radius 2 is 1.91 bits per heavy atom. The predicted molar refractivity (Wildman–Crippen MR) is 137 cm³/mol. The molecule has 4 aromatic rings. The van der Waals surface area contributed by atoms with Crippen LogP contribution in [-0.2, 0) is 4.79 Å². The number of amides is 1. The van der Waals surface area contributed by atoms with Gasteiger partial charge in [0.15, 0.2) is 0 Å². The topological polar surface area (TPSA) is 78.3 Å². The molecule has 1 saturated heterocycles. The minimum atomic E-state index is -0.355. The van der Waals surface area contributed by atoms with Crippen LogP contribution in [0.2, 0.25) is 0 Å². The molecule has 0 atom stereocenters. The monoisotopic (exact) mass is 471 g/mol. The first-order valence-corrected chi connectivity index (χ1v) is 11.4. The molecule has 0 spiro atoms. The molecule has 3 heterocycles. The van der Waals surface area contributed by atoms with Gasteiger partial charge >= 0.3 is 0 Å². The minimum absolute atomic E-state index is 0.283. The van der Waals surface area contributed by atoms with E-state index in [-0.39, 0.29) is 11.7 Å². The van der Waals surface area contributed by atoms with E-state index in [1.165, 1.54) is 6.08 Å². The molecular formula is C26H26FN7O. The number of nitrogens with zero attached hydrogens (tertiary/aromatic N) is 5. The molecule has 8 nitrogen and oxygen atoms in total. The summed E-state index contributed by atoms with van der Waals surface area (Å²) in [6.07, 6.45) is 4.80. The van der Waals surface area contributed by atoms with Crippen LogP contribution in [0.15, 0.2) is 73.6 Å². The Balaban J connectivity index is 1.39. The minimum Gasteiger partial charge on any atom is -0.369 e. The third-order valence-corrected chi connectivity index (χ3v) is 6.07. The highest BCUT2D eigenvalue weighted by Crippen LogP contribution is 2.26. The van der Waals surface area contributed by atoms with E-state index in [1.807, 2.05) is 41.1 Å². The van der Waals surface area contributed by atoms with E-state index < -0.39 is 0 Å². The molecular weight excluding hydrogens is 445 g/mol. The van der Waals surface area contributed by atoms with Crippen molar-refractivity contribution in [3.8, 4) is 5.69 Å². The second kappa shape index (κ2) is 9.55. The summed E-state index contributed by atoms with van der Waals surface area (Å²) in [6, 6.07) is 14.5. The number of rotatable bonds is 6. The van der Waals surface area contributed by atoms with Crippen LogP contribution in [0, 0.1) is 5.82 Å². The van der Waals surface area contributed by atoms with Crippen molar-refractivity contribution in [2.75, 3.05) is 48.8 Å². The quantitative estimate of drug-likeness (QED) is 0.411. The maximum atomic E-state index is 14.9. The highest BCUT2D eigenvalue weighted by atomic mass is 19.1. The standard InChI is InChI=1S/C26H26FN7O/c1-3-24(35)29-19-5-4-6-21(15-19)34-10-9-18-17-28-26(31-25(18)34)30-23-8-7-20(16-22(23)27)33-13-11-32(2)12-14-33/h3-10,15-17H,1,11-14H2,2H3,(H,29,35)(H,28,30,31). The van der Waals surface area contributed by atoms with E-state index in [0.29, 0.717) is 23.0 Å². The van der Waals surface area contributed by atoms with Crippen molar-refractivity contribution in [2.24, 2.45) is 0 Å². The second-order valence-electron chi connectivity index (χ2n) is 8.48. The van der Waals surface area contributed by atoms with Crippen molar-refractivity contribution in [3.05, 3.63) is 79.4 Å². The van der Waals surface area contributed by atoms with Gasteiger partial charge in [0.2, 0.25) is 11.9 Å². The molecule has 178 valence electrons. The Labute approximate surface area is 202 Å². The van der Waals surface area contributed by atoms with Crippen molar-refractivity contribution in [3.63, 3.8) is 0 Å². The Morgan fingerprint density at radius 3 is 2.69 bits per heavy atom. The molecule has 0 unspecified atom stereocenters. The van der Waals surface area contributed by atoms with Gasteiger partial charge in [0.05, 0.1) is 5.69 Å². The molecule has 9 heteroatoms. The predicted octanol–water partition coefficient (Wildman–Crippen LogP) is 4.18. The molecule has 1 aliphatic heterocycles. The lowest BCUT2D eigenvalue weighted by Crippen LogP contribution is -2.44. The van der Waals surface area contributed by atoms with Crippen LogP contribution in [0.4, 0.5) is 27.4 Å². The van der Waals surface area contributed by atoms with Gasteiger partial charge in [-0.15, -0.1) is 0 Å². The van der Waals surface area contributed by atoms with Crippen LogP contribution in [0.3, 0.4) is 0 Å². The number of carbonyl (C=O) groups is 1. The largest absolute Gasteiger partial charge is 0.369 e. The zero-order chi connectivity index (χ0) is 24.4. The average molecular weight is 472 g/mol. The van der Waals surface area contributed by atoms with Crippen LogP contribution in [0.5, 0.6) is 0 Å². The zero-order valence-corrected chi connectivity index (χ0v) is 19.4. The first kappa shape index (κ1) is 22.5. The molecule has 35 heavy (non-hydrogen) atoms. The van der Waals surface area contributed by atoms with E-state index in [9.17, 15) is 9.18 Å². The Hall–Kier alpha value is -4.24. The SMILES string of the molecule is C=CC(=O)Nc1cccc(-n2ccc3cnc(Nc4ccc(N5CCN(C)CC5)cc4F)nc32)c1. The van der Waals surface area contributed by atoms with Crippen molar-refractivity contribution >= 4 is 40.0 Å². The van der Waals surface area contributed by atoms with Gasteiger partial charge in [-0.3, -0.25) is 4.79 Å². The van der Waals surface area contributed by atoms with Gasteiger partial charge in [-0.1, -0.05) is 12.6 Å². The van der Waals surface area contributed by atoms with E-state index in [2.05, 4.69) is 44.0 Å². The van der Waals surface area contributed by atoms with Crippen molar-refractivity contribution in [2.45, 2.75) is 0 Å². The molecule has 0 aliphatic carbocycles. The van der Waals surface area contributed by atoms with Crippen molar-refractivity contribution in [1.29, 1.82) is 0 Å². The van der Waals surface area contributed by atoms with Crippen LogP contribution >= 0.6 is 0 Å². The number of anilines is 4. The van der Waals surface area contributed by atoms with Gasteiger partial charge in [0, 0.05) is 61.0 Å². The highest BCUT2D eigenvalue weighted by molar-refractivity contribution is 5.99. The normalized spacial score (nSPS) is 14.2. The number of aromatic nitrogens is 3. The lowest BCUT2D eigenvalue weighted by Gasteiger charge is -2.34. The zero-order valence-electron chi connectivity index (χ0n) is 19.4. The molecule has 2 N–H and O–H groups in total. The number of carbonyl (C=O) groups excluding carboxylic acids is 1. The van der Waals surface area contributed by atoms with E-state index >= 15 is 0 Å². The fourth-order valence-corrected chi connectivity index (χ4v) is 4.10. The molecule has 0 saturated carbocycles. The molecule has 1 aliphatic rings. The maximum absolute atomic E-state index is 14.9. The number of hydrogen-bond acceptors (Lipinski definition) is 6. The van der Waals surface area contributed by atoms with Gasteiger partial charge in [-0.05, 0) is 55.6 Å². The molecule has 0 radical (unpaired) electrons. The Bertz CT molecular complexity index is 1390. The average Bonchev–Trinajstić information content (AvgIpc) is 3.29. The number of hydrogen-bond donors (Lipinski definition) is 2. The summed E-state index contributed by atoms with van der Waals surface area (Å²) in [5, 5.41) is 6.60. The Kier molecular flexibility index (Phi) is 6.15. The first-order valence-electron chi connectivity index (χ1n) is 11.4. The fourth-order valence-electron chi connectivity index (χ4n) is 4.10. The van der Waals surface area contributed by atoms with Gasteiger partial charge in [-0.2, -0.15) is 4.98 Å². The number of piperazine rings is 1. The summed E-state index contributed by atoms with van der Waals surface area (Å²) in [4.78, 5) is 25.1. The number of halogens is 1. The maximum Gasteiger partial charge on any atom is 0.247 e. The van der Waals surface area contributed by atoms with E-state index in [0.717, 1.165) is 42.9 Å². The molecule has 1 fully saturated rings. The van der Waals surface area contributed by atoms with Crippen LogP contribution in [-0.4, -0.2) is 58.6 Å². The third kappa shape index (κ3) is 4.85. The summed E-state index contributed by atoms with van der Waals surface area (Å²) in [5.74, 6) is -0.347. The summed E-state index contributed by atoms with van der Waals surface area (Å²) in [7, 11) is 2.09. The lowest BCUT2D eigenvalue weighted by molar-refractivity contribution is -0.111. The van der Waals surface area contributed by atoms with Crippen LogP contribution in [0.1, 0.15) is 0 Å². The molecule has 5 rings (SSSR count). The lowest BCUT2D eigenvalue weighted by atomic mass is 10.2. The van der Waals surface area contributed by atoms with Crippen LogP contribution < -0.4 is 15.5 Å². The smallest absolute Gasteiger partial charge is 0.247 e. The van der Waals surface area contributed by atoms with Crippen LogP contribution in [0.25, 0.3) is 16.7 Å². The summed E-state index contributed by atoms with van der Waals surface area (Å²) >= 11 is 0. The van der Waals surface area contributed by atoms with Gasteiger partial charge in [0.1, 0.15) is 11.5 Å². The summed E-state index contributed by atoms with van der Waals surface area (Å²) < 4.78 is 16.8. The van der Waals surface area contributed by atoms with Gasteiger partial charge in [0.25, 0.3) is 0 Å². The second-order valence-corrected chi connectivity index (χ2v) is 8.48. The Morgan fingerprint density at radius 1 is 1.09 bits per heavy atom. The molecule has 2 aromatic heterocycles. The highest BCUT2D eigenvalue weighted by Gasteiger charge is 2.16. The summed E-state index contributed by atoms with van der Waals surface area (Å²) in [6.45, 7) is 7.14. The number of likely N-dealkylation sites (N-methyl/N-ethyl adjacent to an activating group) is 1. The molecule has 2 aromatic carbocycles.